The molecular formula is C22H21N5O2. The molecule has 1 aromatic heterocycles. The maximum Gasteiger partial charge on any atom is 0.297 e. The van der Waals surface area contributed by atoms with Crippen LogP contribution in [0, 0.1) is 12.8 Å². The summed E-state index contributed by atoms with van der Waals surface area (Å²) in [5, 5.41) is 5.75. The minimum Gasteiger partial charge on any atom is -0.283 e. The molecule has 0 saturated carbocycles. The van der Waals surface area contributed by atoms with E-state index < -0.39 is 5.92 Å². The van der Waals surface area contributed by atoms with Gasteiger partial charge in [0.1, 0.15) is 5.92 Å². The summed E-state index contributed by atoms with van der Waals surface area (Å²) < 4.78 is 3.33. The van der Waals surface area contributed by atoms with Crippen molar-refractivity contribution in [1.82, 2.24) is 9.36 Å². The molecular weight excluding hydrogens is 366 g/mol. The number of aromatic nitrogens is 2. The predicted octanol–water partition coefficient (Wildman–Crippen LogP) is 3.23. The van der Waals surface area contributed by atoms with Crippen molar-refractivity contribution in [2.45, 2.75) is 13.8 Å². The SMILES string of the molecule is CC1=NN(c2ccccc2)C(=O)C1C=Nc1c(C)n(C)n(-c2ccccc2)c1=O. The molecule has 1 amide bonds. The summed E-state index contributed by atoms with van der Waals surface area (Å²) >= 11 is 0. The summed E-state index contributed by atoms with van der Waals surface area (Å²) in [7, 11) is 1.81. The van der Waals surface area contributed by atoms with Gasteiger partial charge >= 0.3 is 0 Å². The first-order valence-electron chi connectivity index (χ1n) is 9.31. The van der Waals surface area contributed by atoms with Gasteiger partial charge in [0.25, 0.3) is 11.5 Å². The van der Waals surface area contributed by atoms with E-state index in [0.717, 1.165) is 11.4 Å². The number of aliphatic imine (C=N–C) groups is 1. The van der Waals surface area contributed by atoms with Crippen LogP contribution in [0.25, 0.3) is 5.69 Å². The summed E-state index contributed by atoms with van der Waals surface area (Å²) in [5.41, 5.74) is 2.90. The van der Waals surface area contributed by atoms with Crippen LogP contribution in [0.5, 0.6) is 0 Å². The van der Waals surface area contributed by atoms with Gasteiger partial charge in [0.05, 0.1) is 22.8 Å². The van der Waals surface area contributed by atoms with Gasteiger partial charge in [0.15, 0.2) is 5.69 Å². The summed E-state index contributed by atoms with van der Waals surface area (Å²) in [6.45, 7) is 3.62. The van der Waals surface area contributed by atoms with Crippen molar-refractivity contribution in [2.24, 2.45) is 23.1 Å². The van der Waals surface area contributed by atoms with Gasteiger partial charge in [-0.3, -0.25) is 19.3 Å². The largest absolute Gasteiger partial charge is 0.297 e. The molecule has 4 rings (SSSR count). The number of rotatable bonds is 4. The topological polar surface area (TPSA) is 72.0 Å². The third kappa shape index (κ3) is 3.20. The van der Waals surface area contributed by atoms with Crippen LogP contribution in [0.2, 0.25) is 0 Å². The maximum atomic E-state index is 13.0. The van der Waals surface area contributed by atoms with Gasteiger partial charge in [-0.2, -0.15) is 10.1 Å². The van der Waals surface area contributed by atoms with E-state index in [4.69, 9.17) is 0 Å². The standard InChI is InChI=1S/C22H21N5O2/c1-15-19(21(28)26(24-15)17-10-6-4-7-11-17)14-23-20-16(2)25(3)27(22(20)29)18-12-8-5-9-13-18/h4-14,19H,1-3H3. The molecule has 7 nitrogen and oxygen atoms in total. The van der Waals surface area contributed by atoms with E-state index in [-0.39, 0.29) is 11.5 Å². The lowest BCUT2D eigenvalue weighted by atomic mass is 10.1. The third-order valence-electron chi connectivity index (χ3n) is 5.06. The molecule has 1 aliphatic heterocycles. The Morgan fingerprint density at radius 1 is 0.931 bits per heavy atom. The molecule has 0 fully saturated rings. The summed E-state index contributed by atoms with van der Waals surface area (Å²) in [5.74, 6) is -0.784. The van der Waals surface area contributed by atoms with Gasteiger partial charge in [-0.05, 0) is 38.1 Å². The number of hydrazone groups is 1. The molecule has 0 N–H and O–H groups in total. The van der Waals surface area contributed by atoms with Crippen molar-refractivity contribution in [3.63, 3.8) is 0 Å². The quantitative estimate of drug-likeness (QED) is 0.645. The minimum absolute atomic E-state index is 0.186. The fourth-order valence-electron chi connectivity index (χ4n) is 3.36. The Hall–Kier alpha value is -3.74. The Morgan fingerprint density at radius 2 is 1.52 bits per heavy atom. The van der Waals surface area contributed by atoms with Crippen LogP contribution in [0.3, 0.4) is 0 Å². The predicted molar refractivity (Wildman–Crippen MR) is 114 cm³/mol. The Balaban J connectivity index is 1.66. The van der Waals surface area contributed by atoms with Crippen LogP contribution in [-0.2, 0) is 11.8 Å². The van der Waals surface area contributed by atoms with Gasteiger partial charge in [0.2, 0.25) is 0 Å². The zero-order chi connectivity index (χ0) is 20.5. The van der Waals surface area contributed by atoms with E-state index in [2.05, 4.69) is 10.1 Å². The van der Waals surface area contributed by atoms with Crippen LogP contribution in [0.4, 0.5) is 11.4 Å². The van der Waals surface area contributed by atoms with Crippen molar-refractivity contribution < 1.29 is 4.79 Å². The zero-order valence-corrected chi connectivity index (χ0v) is 16.5. The molecule has 1 aliphatic rings. The van der Waals surface area contributed by atoms with Gasteiger partial charge in [0, 0.05) is 13.3 Å². The average Bonchev–Trinajstić information content (AvgIpc) is 3.14. The fourth-order valence-corrected chi connectivity index (χ4v) is 3.36. The molecule has 29 heavy (non-hydrogen) atoms. The molecule has 0 radical (unpaired) electrons. The second-order valence-corrected chi connectivity index (χ2v) is 6.89. The highest BCUT2D eigenvalue weighted by Gasteiger charge is 2.33. The van der Waals surface area contributed by atoms with Crippen molar-refractivity contribution in [2.75, 3.05) is 5.01 Å². The Bertz CT molecular complexity index is 1170. The fraction of sp³-hybridized carbons (Fsp3) is 0.182. The lowest BCUT2D eigenvalue weighted by Crippen LogP contribution is -2.28. The first-order valence-corrected chi connectivity index (χ1v) is 9.31. The highest BCUT2D eigenvalue weighted by Crippen LogP contribution is 2.24. The lowest BCUT2D eigenvalue weighted by molar-refractivity contribution is -0.118. The van der Waals surface area contributed by atoms with E-state index in [1.807, 2.05) is 74.6 Å². The highest BCUT2D eigenvalue weighted by molar-refractivity contribution is 6.23. The molecule has 0 aliphatic carbocycles. The smallest absolute Gasteiger partial charge is 0.283 e. The maximum absolute atomic E-state index is 13.0. The number of hydrogen-bond acceptors (Lipinski definition) is 4. The van der Waals surface area contributed by atoms with Gasteiger partial charge in [-0.1, -0.05) is 36.4 Å². The Labute approximate surface area is 168 Å². The van der Waals surface area contributed by atoms with Gasteiger partial charge in [-0.25, -0.2) is 4.68 Å². The highest BCUT2D eigenvalue weighted by atomic mass is 16.2. The summed E-state index contributed by atoms with van der Waals surface area (Å²) in [4.78, 5) is 30.2. The van der Waals surface area contributed by atoms with E-state index in [1.165, 1.54) is 11.2 Å². The normalized spacial score (nSPS) is 16.7. The molecule has 2 heterocycles. The zero-order valence-electron chi connectivity index (χ0n) is 16.5. The molecule has 1 atom stereocenters. The second kappa shape index (κ2) is 7.35. The third-order valence-corrected chi connectivity index (χ3v) is 5.06. The van der Waals surface area contributed by atoms with E-state index >= 15 is 0 Å². The van der Waals surface area contributed by atoms with Crippen LogP contribution in [-0.4, -0.2) is 27.2 Å². The molecule has 146 valence electrons. The lowest BCUT2D eigenvalue weighted by Gasteiger charge is -2.12. The van der Waals surface area contributed by atoms with E-state index in [9.17, 15) is 9.59 Å². The molecule has 0 spiro atoms. The summed E-state index contributed by atoms with van der Waals surface area (Å²) in [6.07, 6.45) is 1.52. The Morgan fingerprint density at radius 3 is 2.14 bits per heavy atom. The molecule has 3 aromatic rings. The molecule has 7 heteroatoms. The molecule has 0 saturated heterocycles. The van der Waals surface area contributed by atoms with E-state index in [1.54, 1.807) is 16.3 Å². The Kier molecular flexibility index (Phi) is 4.72. The number of para-hydroxylation sites is 2. The number of hydrogen-bond donors (Lipinski definition) is 0. The number of amides is 1. The van der Waals surface area contributed by atoms with E-state index in [0.29, 0.717) is 17.1 Å². The van der Waals surface area contributed by atoms with Crippen molar-refractivity contribution >= 4 is 29.2 Å². The number of nitrogens with zero attached hydrogens (tertiary/aromatic N) is 5. The van der Waals surface area contributed by atoms with Gasteiger partial charge in [-0.15, -0.1) is 0 Å². The first-order chi connectivity index (χ1) is 14.0. The number of carbonyl (C=O) groups is 1. The van der Waals surface area contributed by atoms with Crippen molar-refractivity contribution in [3.05, 3.63) is 76.7 Å². The van der Waals surface area contributed by atoms with Crippen LogP contribution in [0.15, 0.2) is 75.6 Å². The van der Waals surface area contributed by atoms with Crippen molar-refractivity contribution in [1.29, 1.82) is 0 Å². The summed E-state index contributed by atoms with van der Waals surface area (Å²) in [6, 6.07) is 18.6. The monoisotopic (exact) mass is 387 g/mol. The van der Waals surface area contributed by atoms with Crippen LogP contribution < -0.4 is 10.6 Å². The van der Waals surface area contributed by atoms with Gasteiger partial charge < -0.3 is 0 Å². The number of carbonyl (C=O) groups excluding carboxylic acids is 1. The van der Waals surface area contributed by atoms with Crippen LogP contribution >= 0.6 is 0 Å². The van der Waals surface area contributed by atoms with Crippen molar-refractivity contribution in [3.8, 4) is 5.69 Å². The minimum atomic E-state index is -0.598. The molecule has 1 unspecified atom stereocenters. The first kappa shape index (κ1) is 18.6. The molecule has 2 aromatic carbocycles. The number of benzene rings is 2. The number of anilines is 1. The molecule has 0 bridgehead atoms. The van der Waals surface area contributed by atoms with Crippen LogP contribution in [0.1, 0.15) is 12.6 Å². The average molecular weight is 387 g/mol. The second-order valence-electron chi connectivity index (χ2n) is 6.89.